The Labute approximate surface area is 266 Å². The molecule has 45 heavy (non-hydrogen) atoms. The molecule has 1 saturated heterocycles. The van der Waals surface area contributed by atoms with Gasteiger partial charge in [-0.05, 0) is 88.2 Å². The highest BCUT2D eigenvalue weighted by Gasteiger charge is 2.42. The lowest BCUT2D eigenvalue weighted by Gasteiger charge is -2.34. The molecule has 0 saturated carbocycles. The Bertz CT molecular complexity index is 1460. The maximum absolute atomic E-state index is 14.1. The molecule has 242 valence electrons. The zero-order chi connectivity index (χ0) is 33.5. The molecule has 1 aliphatic heterocycles. The van der Waals surface area contributed by atoms with Crippen LogP contribution in [0.4, 0.5) is 10.5 Å². The molecular weight excluding hydrogens is 602 g/mol. The number of carbonyl (C=O) groups excluding carboxylic acids is 3. The number of amidine groups is 1. The van der Waals surface area contributed by atoms with Crippen molar-refractivity contribution in [1.29, 1.82) is 0 Å². The minimum absolute atomic E-state index is 0.0470. The number of aromatic hydroxyl groups is 1. The van der Waals surface area contributed by atoms with Crippen molar-refractivity contribution in [3.63, 3.8) is 0 Å². The number of carbonyl (C=O) groups is 4. The fourth-order valence-electron chi connectivity index (χ4n) is 4.52. The summed E-state index contributed by atoms with van der Waals surface area (Å²) in [5, 5.41) is 22.9. The predicted molar refractivity (Wildman–Crippen MR) is 171 cm³/mol. The summed E-state index contributed by atoms with van der Waals surface area (Å²) in [6.07, 6.45) is 0.705. The molecule has 1 aliphatic rings. The van der Waals surface area contributed by atoms with Gasteiger partial charge in [-0.3, -0.25) is 19.3 Å². The highest BCUT2D eigenvalue weighted by Crippen LogP contribution is 2.40. The van der Waals surface area contributed by atoms with Gasteiger partial charge in [-0.2, -0.15) is 0 Å². The third kappa shape index (κ3) is 8.69. The predicted octanol–water partition coefficient (Wildman–Crippen LogP) is 3.93. The maximum atomic E-state index is 14.1. The van der Waals surface area contributed by atoms with Gasteiger partial charge >= 0.3 is 6.09 Å². The molecule has 4 amide bonds. The molecule has 0 spiro atoms. The Balaban J connectivity index is 2.10. The summed E-state index contributed by atoms with van der Waals surface area (Å²) >= 11 is 1.03. The number of nitrogens with zero attached hydrogens (tertiary/aromatic N) is 3. The normalized spacial score (nSPS) is 16.4. The van der Waals surface area contributed by atoms with Crippen molar-refractivity contribution < 1.29 is 38.9 Å². The van der Waals surface area contributed by atoms with Crippen molar-refractivity contribution in [2.24, 2.45) is 10.7 Å². The van der Waals surface area contributed by atoms with E-state index in [2.05, 4.69) is 10.3 Å². The van der Waals surface area contributed by atoms with Crippen LogP contribution in [-0.4, -0.2) is 87.4 Å². The van der Waals surface area contributed by atoms with Crippen LogP contribution in [0.5, 0.6) is 17.2 Å². The monoisotopic (exact) mass is 641 g/mol. The summed E-state index contributed by atoms with van der Waals surface area (Å²) in [6, 6.07) is 9.72. The number of methoxy groups -OCH3 is 2. The van der Waals surface area contributed by atoms with Gasteiger partial charge in [0.15, 0.2) is 16.7 Å². The first-order valence-electron chi connectivity index (χ1n) is 14.1. The van der Waals surface area contributed by atoms with Gasteiger partial charge in [0, 0.05) is 12.1 Å². The van der Waals surface area contributed by atoms with Gasteiger partial charge in [-0.15, -0.1) is 0 Å². The summed E-state index contributed by atoms with van der Waals surface area (Å²) in [5.74, 6) is -1.90. The second-order valence-electron chi connectivity index (χ2n) is 11.2. The van der Waals surface area contributed by atoms with E-state index in [1.807, 2.05) is 6.07 Å². The van der Waals surface area contributed by atoms with E-state index in [4.69, 9.17) is 15.2 Å². The molecule has 0 unspecified atom stereocenters. The molecule has 0 bridgehead atoms. The largest absolute Gasteiger partial charge is 0.502 e. The number of thioether (sulfide) groups is 1. The van der Waals surface area contributed by atoms with Gasteiger partial charge in [0.25, 0.3) is 5.91 Å². The molecule has 1 fully saturated rings. The van der Waals surface area contributed by atoms with Gasteiger partial charge in [0.05, 0.1) is 24.8 Å². The van der Waals surface area contributed by atoms with Crippen molar-refractivity contribution in [3.8, 4) is 17.2 Å². The Morgan fingerprint density at radius 3 is 2.24 bits per heavy atom. The maximum Gasteiger partial charge on any atom is 0.407 e. The van der Waals surface area contributed by atoms with Crippen LogP contribution in [0, 0.1) is 0 Å². The van der Waals surface area contributed by atoms with E-state index in [-0.39, 0.29) is 46.7 Å². The SMILES string of the molecule is COc1cc(C=C2SC(=Nc3ccccc3)N([C@@H](CCCN(C(=O)O)C(C)(C)C)C(=O)N[C@@H](C)C(N)=O)C2=O)cc(OC)c1O. The second-order valence-corrected chi connectivity index (χ2v) is 12.2. The molecule has 13 nitrogen and oxygen atoms in total. The van der Waals surface area contributed by atoms with E-state index >= 15 is 0 Å². The van der Waals surface area contributed by atoms with Crippen LogP contribution >= 0.6 is 11.8 Å². The number of amides is 4. The average molecular weight is 642 g/mol. The number of hydrogen-bond donors (Lipinski definition) is 4. The number of carboxylic acid groups (broad SMARTS) is 1. The number of primary amides is 1. The van der Waals surface area contributed by atoms with Crippen molar-refractivity contribution in [1.82, 2.24) is 15.1 Å². The molecule has 14 heteroatoms. The van der Waals surface area contributed by atoms with E-state index in [1.54, 1.807) is 51.1 Å². The number of phenolic OH excluding ortho intramolecular Hbond substituents is 1. The first kappa shape index (κ1) is 34.8. The fourth-order valence-corrected chi connectivity index (χ4v) is 5.56. The Morgan fingerprint density at radius 1 is 1.13 bits per heavy atom. The topological polar surface area (TPSA) is 184 Å². The molecule has 0 radical (unpaired) electrons. The first-order chi connectivity index (χ1) is 21.2. The summed E-state index contributed by atoms with van der Waals surface area (Å²) in [5.41, 5.74) is 5.70. The van der Waals surface area contributed by atoms with Crippen LogP contribution in [0.15, 0.2) is 52.4 Å². The Kier molecular flexibility index (Phi) is 11.5. The van der Waals surface area contributed by atoms with Crippen LogP contribution in [-0.2, 0) is 14.4 Å². The third-order valence-corrected chi connectivity index (χ3v) is 7.90. The zero-order valence-corrected chi connectivity index (χ0v) is 26.9. The van der Waals surface area contributed by atoms with Crippen molar-refractivity contribution in [2.45, 2.75) is 58.2 Å². The molecule has 2 aromatic carbocycles. The molecule has 2 atom stereocenters. The summed E-state index contributed by atoms with van der Waals surface area (Å²) < 4.78 is 10.5. The van der Waals surface area contributed by atoms with Gasteiger partial charge in [0.1, 0.15) is 12.1 Å². The van der Waals surface area contributed by atoms with Crippen LogP contribution < -0.4 is 20.5 Å². The quantitative estimate of drug-likeness (QED) is 0.249. The van der Waals surface area contributed by atoms with Gasteiger partial charge in [-0.1, -0.05) is 18.2 Å². The molecule has 0 aliphatic carbocycles. The van der Waals surface area contributed by atoms with Crippen LogP contribution in [0.2, 0.25) is 0 Å². The van der Waals surface area contributed by atoms with Crippen molar-refractivity contribution in [3.05, 3.63) is 52.9 Å². The molecule has 1 heterocycles. The standard InChI is InChI=1S/C31H39N5O8S/c1-18(26(32)38)33-27(39)21(13-10-14-35(30(41)42)31(2,3)4)36-28(40)24(45-29(36)34-20-11-8-7-9-12-20)17-19-15-22(43-5)25(37)23(16-19)44-6/h7-9,11-12,15-18,21,37H,10,13-14H2,1-6H3,(H2,32,38)(H,33,39)(H,41,42)/t18-,21-/m0/s1. The molecular formula is C31H39N5O8S. The minimum Gasteiger partial charge on any atom is -0.502 e. The van der Waals surface area contributed by atoms with Crippen LogP contribution in [0.3, 0.4) is 0 Å². The number of hydrogen-bond acceptors (Lipinski definition) is 9. The Hall–Kier alpha value is -4.72. The van der Waals surface area contributed by atoms with Gasteiger partial charge in [0.2, 0.25) is 17.6 Å². The first-order valence-corrected chi connectivity index (χ1v) is 14.9. The number of benzene rings is 2. The summed E-state index contributed by atoms with van der Waals surface area (Å²) in [4.78, 5) is 58.9. The zero-order valence-electron chi connectivity index (χ0n) is 26.1. The number of ether oxygens (including phenoxy) is 2. The number of nitrogens with two attached hydrogens (primary N) is 1. The van der Waals surface area contributed by atoms with Gasteiger partial charge < -0.3 is 35.6 Å². The van der Waals surface area contributed by atoms with Crippen molar-refractivity contribution >= 4 is 52.5 Å². The van der Waals surface area contributed by atoms with Crippen molar-refractivity contribution in [2.75, 3.05) is 20.8 Å². The molecule has 3 rings (SSSR count). The fraction of sp³-hybridized carbons (Fsp3) is 0.387. The highest BCUT2D eigenvalue weighted by atomic mass is 32.2. The highest BCUT2D eigenvalue weighted by molar-refractivity contribution is 8.18. The lowest BCUT2D eigenvalue weighted by Crippen LogP contribution is -2.53. The second kappa shape index (κ2) is 14.8. The smallest absolute Gasteiger partial charge is 0.407 e. The number of rotatable bonds is 12. The third-order valence-electron chi connectivity index (χ3n) is 6.92. The van der Waals surface area contributed by atoms with Crippen LogP contribution in [0.1, 0.15) is 46.1 Å². The number of phenols is 1. The molecule has 2 aromatic rings. The molecule has 0 aromatic heterocycles. The lowest BCUT2D eigenvalue weighted by molar-refractivity contribution is -0.134. The summed E-state index contributed by atoms with van der Waals surface area (Å²) in [6.45, 7) is 6.80. The van der Waals surface area contributed by atoms with E-state index in [0.29, 0.717) is 11.3 Å². The van der Waals surface area contributed by atoms with E-state index < -0.39 is 41.4 Å². The lowest BCUT2D eigenvalue weighted by atomic mass is 10.0. The van der Waals surface area contributed by atoms with Crippen LogP contribution in [0.25, 0.3) is 6.08 Å². The number of para-hydroxylation sites is 1. The number of aliphatic imine (C=N–C) groups is 1. The molecule has 5 N–H and O–H groups in total. The van der Waals surface area contributed by atoms with Gasteiger partial charge in [-0.25, -0.2) is 9.79 Å². The summed E-state index contributed by atoms with van der Waals surface area (Å²) in [7, 11) is 2.77. The van der Waals surface area contributed by atoms with E-state index in [9.17, 15) is 29.4 Å². The van der Waals surface area contributed by atoms with E-state index in [0.717, 1.165) is 11.8 Å². The minimum atomic E-state index is -1.17. The number of nitrogens with one attached hydrogen (secondary N) is 1. The Morgan fingerprint density at radius 2 is 1.73 bits per heavy atom. The average Bonchev–Trinajstić information content (AvgIpc) is 3.26. The van der Waals surface area contributed by atoms with E-state index in [1.165, 1.54) is 43.1 Å².